The van der Waals surface area contributed by atoms with Crippen LogP contribution in [0.3, 0.4) is 0 Å². The highest BCUT2D eigenvalue weighted by atomic mass is 16.7. The normalized spacial score (nSPS) is 12.9. The maximum Gasteiger partial charge on any atom is 0.197 e. The number of aliphatic hydroxyl groups excluding tert-OH is 1. The van der Waals surface area contributed by atoms with Gasteiger partial charge in [0.2, 0.25) is 0 Å². The average molecular weight is 425 g/mol. The Balaban J connectivity index is 3.06. The molecule has 0 bridgehead atoms. The molecule has 0 heterocycles. The molecule has 0 aromatic heterocycles. The zero-order valence-corrected chi connectivity index (χ0v) is 19.4. The van der Waals surface area contributed by atoms with Gasteiger partial charge >= 0.3 is 0 Å². The van der Waals surface area contributed by atoms with Gasteiger partial charge in [0.05, 0.1) is 26.4 Å². The summed E-state index contributed by atoms with van der Waals surface area (Å²) in [6.45, 7) is 4.33. The topological polar surface area (TPSA) is 57.2 Å². The van der Waals surface area contributed by atoms with E-state index in [1.165, 1.54) is 32.1 Å². The Kier molecular flexibility index (Phi) is 15.9. The van der Waals surface area contributed by atoms with Gasteiger partial charge in [0.25, 0.3) is 0 Å². The van der Waals surface area contributed by atoms with E-state index in [0.717, 1.165) is 31.2 Å². The third-order valence-electron chi connectivity index (χ3n) is 5.54. The van der Waals surface area contributed by atoms with Crippen LogP contribution in [0.25, 0.3) is 0 Å². The van der Waals surface area contributed by atoms with Crippen LogP contribution in [0.2, 0.25) is 0 Å². The van der Waals surface area contributed by atoms with Crippen LogP contribution >= 0.6 is 0 Å². The van der Waals surface area contributed by atoms with Gasteiger partial charge in [-0.3, -0.25) is 0 Å². The number of unbranched alkanes of at least 4 members (excludes halogenated alkanes) is 5. The maximum atomic E-state index is 9.53. The van der Waals surface area contributed by atoms with Crippen LogP contribution in [-0.2, 0) is 24.7 Å². The summed E-state index contributed by atoms with van der Waals surface area (Å²) in [5, 5.41) is 9.53. The second kappa shape index (κ2) is 17.7. The Bertz CT molecular complexity index is 484. The van der Waals surface area contributed by atoms with Crippen LogP contribution < -0.4 is 0 Å². The summed E-state index contributed by atoms with van der Waals surface area (Å²) in [7, 11) is 3.36. The molecule has 0 spiro atoms. The van der Waals surface area contributed by atoms with Crippen LogP contribution in [0.5, 0.6) is 0 Å². The quantitative estimate of drug-likeness (QED) is 0.227. The maximum absolute atomic E-state index is 9.53. The number of hydrogen-bond donors (Lipinski definition) is 1. The van der Waals surface area contributed by atoms with Crippen LogP contribution in [0.4, 0.5) is 0 Å². The van der Waals surface area contributed by atoms with Gasteiger partial charge in [-0.1, -0.05) is 75.8 Å². The van der Waals surface area contributed by atoms with Crippen molar-refractivity contribution in [3.05, 3.63) is 35.9 Å². The van der Waals surface area contributed by atoms with Gasteiger partial charge in [-0.2, -0.15) is 0 Å². The second-order valence-corrected chi connectivity index (χ2v) is 7.84. The van der Waals surface area contributed by atoms with Crippen LogP contribution in [-0.4, -0.2) is 52.4 Å². The monoisotopic (exact) mass is 424 g/mol. The van der Waals surface area contributed by atoms with Crippen LogP contribution in [0, 0.1) is 5.92 Å². The summed E-state index contributed by atoms with van der Waals surface area (Å²) in [5.74, 6) is -0.719. The average Bonchev–Trinajstić information content (AvgIpc) is 2.78. The van der Waals surface area contributed by atoms with Crippen molar-refractivity contribution in [1.29, 1.82) is 0 Å². The van der Waals surface area contributed by atoms with Gasteiger partial charge in [0.15, 0.2) is 5.79 Å². The zero-order chi connectivity index (χ0) is 21.9. The molecule has 0 amide bonds. The van der Waals surface area contributed by atoms with E-state index in [4.69, 9.17) is 18.9 Å². The number of rotatable bonds is 20. The van der Waals surface area contributed by atoms with Gasteiger partial charge in [-0.05, 0) is 19.3 Å². The molecule has 0 aliphatic carbocycles. The van der Waals surface area contributed by atoms with Gasteiger partial charge in [0, 0.05) is 32.3 Å². The molecule has 1 unspecified atom stereocenters. The van der Waals surface area contributed by atoms with E-state index in [9.17, 15) is 5.11 Å². The largest absolute Gasteiger partial charge is 0.396 e. The predicted octanol–water partition coefficient (Wildman–Crippen LogP) is 5.30. The molecule has 5 nitrogen and oxygen atoms in total. The molecule has 0 saturated heterocycles. The molecule has 0 radical (unpaired) electrons. The van der Waals surface area contributed by atoms with E-state index in [1.807, 2.05) is 18.2 Å². The van der Waals surface area contributed by atoms with E-state index in [-0.39, 0.29) is 12.5 Å². The Morgan fingerprint density at radius 1 is 0.767 bits per heavy atom. The summed E-state index contributed by atoms with van der Waals surface area (Å²) >= 11 is 0. The Hall–Kier alpha value is -0.980. The van der Waals surface area contributed by atoms with Crippen molar-refractivity contribution in [3.8, 4) is 0 Å². The highest BCUT2D eigenvalue weighted by Gasteiger charge is 2.42. The van der Waals surface area contributed by atoms with E-state index in [2.05, 4.69) is 19.1 Å². The fourth-order valence-electron chi connectivity index (χ4n) is 3.94. The minimum absolute atomic E-state index is 0.145. The highest BCUT2D eigenvalue weighted by molar-refractivity contribution is 5.21. The van der Waals surface area contributed by atoms with Gasteiger partial charge in [-0.15, -0.1) is 0 Å². The molecule has 1 aromatic rings. The second-order valence-electron chi connectivity index (χ2n) is 7.84. The standard InChI is InChI=1S/C25H44O5/c1-4-5-6-7-8-10-14-24(17-13-18-26)25(29-21-19-27-2,30-22-20-28-3)23-15-11-9-12-16-23/h9,11-12,15-16,24,26H,4-8,10,13-14,17-22H2,1-3H3. The summed E-state index contributed by atoms with van der Waals surface area (Å²) in [4.78, 5) is 0. The SMILES string of the molecule is CCCCCCCCC(CCCO)C(OCCOC)(OCCOC)c1ccccc1. The molecule has 0 fully saturated rings. The summed E-state index contributed by atoms with van der Waals surface area (Å²) in [5.41, 5.74) is 1.02. The van der Waals surface area contributed by atoms with Gasteiger partial charge in [-0.25, -0.2) is 0 Å². The lowest BCUT2D eigenvalue weighted by molar-refractivity contribution is -0.286. The smallest absolute Gasteiger partial charge is 0.197 e. The molecule has 1 N–H and O–H groups in total. The van der Waals surface area contributed by atoms with Crippen molar-refractivity contribution in [2.45, 2.75) is 70.5 Å². The van der Waals surface area contributed by atoms with Crippen LogP contribution in [0.1, 0.15) is 70.3 Å². The number of ether oxygens (including phenoxy) is 4. The van der Waals surface area contributed by atoms with Crippen molar-refractivity contribution in [2.75, 3.05) is 47.3 Å². The number of methoxy groups -OCH3 is 2. The fraction of sp³-hybridized carbons (Fsp3) is 0.760. The van der Waals surface area contributed by atoms with Crippen molar-refractivity contribution < 1.29 is 24.1 Å². The molecule has 30 heavy (non-hydrogen) atoms. The van der Waals surface area contributed by atoms with Crippen LogP contribution in [0.15, 0.2) is 30.3 Å². The number of hydrogen-bond acceptors (Lipinski definition) is 5. The van der Waals surface area contributed by atoms with Crippen molar-refractivity contribution in [3.63, 3.8) is 0 Å². The molecule has 1 atom stereocenters. The van der Waals surface area contributed by atoms with Crippen molar-refractivity contribution in [2.24, 2.45) is 5.92 Å². The molecule has 174 valence electrons. The van der Waals surface area contributed by atoms with E-state index in [0.29, 0.717) is 26.4 Å². The minimum atomic E-state index is -0.864. The minimum Gasteiger partial charge on any atom is -0.396 e. The molecular weight excluding hydrogens is 380 g/mol. The highest BCUT2D eigenvalue weighted by Crippen LogP contribution is 2.41. The third-order valence-corrected chi connectivity index (χ3v) is 5.54. The zero-order valence-electron chi connectivity index (χ0n) is 19.4. The van der Waals surface area contributed by atoms with Crippen molar-refractivity contribution >= 4 is 0 Å². The van der Waals surface area contributed by atoms with E-state index < -0.39 is 5.79 Å². The molecule has 1 rings (SSSR count). The lowest BCUT2D eigenvalue weighted by Crippen LogP contribution is -2.43. The molecule has 0 aliphatic rings. The first-order chi connectivity index (χ1) is 14.7. The lowest BCUT2D eigenvalue weighted by atomic mass is 9.83. The molecule has 1 aromatic carbocycles. The fourth-order valence-corrected chi connectivity index (χ4v) is 3.94. The Morgan fingerprint density at radius 3 is 1.90 bits per heavy atom. The van der Waals surface area contributed by atoms with E-state index in [1.54, 1.807) is 14.2 Å². The molecule has 0 aliphatic heterocycles. The molecule has 0 saturated carbocycles. The Morgan fingerprint density at radius 2 is 1.33 bits per heavy atom. The summed E-state index contributed by atoms with van der Waals surface area (Å²) in [6, 6.07) is 10.2. The van der Waals surface area contributed by atoms with Crippen molar-refractivity contribution in [1.82, 2.24) is 0 Å². The first kappa shape index (κ1) is 27.1. The molecular formula is C25H44O5. The lowest BCUT2D eigenvalue weighted by Gasteiger charge is -2.41. The number of benzene rings is 1. The first-order valence-electron chi connectivity index (χ1n) is 11.7. The third kappa shape index (κ3) is 9.88. The van der Waals surface area contributed by atoms with Gasteiger partial charge in [0.1, 0.15) is 0 Å². The number of aliphatic hydroxyl groups is 1. The molecule has 5 heteroatoms. The Labute approximate surface area is 184 Å². The summed E-state index contributed by atoms with van der Waals surface area (Å²) in [6.07, 6.45) is 10.1. The van der Waals surface area contributed by atoms with E-state index >= 15 is 0 Å². The van der Waals surface area contributed by atoms with Gasteiger partial charge < -0.3 is 24.1 Å². The first-order valence-corrected chi connectivity index (χ1v) is 11.7. The summed E-state index contributed by atoms with van der Waals surface area (Å²) < 4.78 is 23.4. The predicted molar refractivity (Wildman–Crippen MR) is 122 cm³/mol.